The van der Waals surface area contributed by atoms with E-state index in [9.17, 15) is 18.4 Å². The number of epoxide rings is 2. The van der Waals surface area contributed by atoms with Gasteiger partial charge in [-0.1, -0.05) is 83.9 Å². The van der Waals surface area contributed by atoms with E-state index in [-0.39, 0.29) is 41.2 Å². The number of carbonyl (C=O) groups is 1. The summed E-state index contributed by atoms with van der Waals surface area (Å²) in [4.78, 5) is 29.4. The van der Waals surface area contributed by atoms with Gasteiger partial charge in [0.25, 0.3) is 0 Å². The second kappa shape index (κ2) is 24.0. The van der Waals surface area contributed by atoms with Crippen molar-refractivity contribution < 1.29 is 37.3 Å². The van der Waals surface area contributed by atoms with E-state index in [1.807, 2.05) is 56.3 Å². The third-order valence-corrected chi connectivity index (χ3v) is 12.0. The Morgan fingerprint density at radius 3 is 1.86 bits per heavy atom. The lowest BCUT2D eigenvalue weighted by molar-refractivity contribution is 0.145. The molecule has 1 amide bonds. The highest BCUT2D eigenvalue weighted by Crippen LogP contribution is 2.60. The van der Waals surface area contributed by atoms with Crippen molar-refractivity contribution in [3.63, 3.8) is 0 Å². The zero-order chi connectivity index (χ0) is 47.1. The summed E-state index contributed by atoms with van der Waals surface area (Å²) in [5.41, 5.74) is 1.85. The molecule has 20 heteroatoms. The molecule has 0 aliphatic carbocycles. The molecule has 8 rings (SSSR count). The summed E-state index contributed by atoms with van der Waals surface area (Å²) in [5.74, 6) is -0.632. The summed E-state index contributed by atoms with van der Waals surface area (Å²) >= 11 is 23.5. The number of carbonyl (C=O) groups excluding carboxylic acids is 2. The van der Waals surface area contributed by atoms with E-state index >= 15 is 0 Å². The monoisotopic (exact) mass is 980 g/mol. The van der Waals surface area contributed by atoms with Crippen LogP contribution < -0.4 is 5.32 Å². The molecule has 4 heterocycles. The van der Waals surface area contributed by atoms with Gasteiger partial charge in [-0.2, -0.15) is 5.10 Å². The number of aliphatic imine (C=N–C) groups is 1. The minimum absolute atomic E-state index is 0.229. The van der Waals surface area contributed by atoms with Gasteiger partial charge < -0.3 is 24.3 Å². The van der Waals surface area contributed by atoms with Crippen molar-refractivity contribution in [2.75, 3.05) is 39.5 Å². The quantitative estimate of drug-likeness (QED) is 0.0279. The van der Waals surface area contributed by atoms with Crippen LogP contribution >= 0.6 is 47.6 Å². The van der Waals surface area contributed by atoms with Crippen molar-refractivity contribution in [2.45, 2.75) is 63.2 Å². The van der Waals surface area contributed by atoms with Crippen molar-refractivity contribution in [1.29, 1.82) is 0 Å². The average molecular weight is 982 g/mol. The van der Waals surface area contributed by atoms with E-state index in [0.29, 0.717) is 60.7 Å². The molecule has 4 unspecified atom stereocenters. The summed E-state index contributed by atoms with van der Waals surface area (Å²) in [6.07, 6.45) is 5.29. The van der Waals surface area contributed by atoms with Gasteiger partial charge in [-0.05, 0) is 98.6 Å². The van der Waals surface area contributed by atoms with Gasteiger partial charge in [-0.15, -0.1) is 0 Å². The predicted molar refractivity (Wildman–Crippen MR) is 249 cm³/mol. The maximum Gasteiger partial charge on any atom is 0.329 e. The summed E-state index contributed by atoms with van der Waals surface area (Å²) in [7, 11) is 0. The molecule has 0 radical (unpaired) electrons. The summed E-state index contributed by atoms with van der Waals surface area (Å²) < 4.78 is 54.7. The van der Waals surface area contributed by atoms with Crippen LogP contribution in [-0.2, 0) is 48.0 Å². The zero-order valence-electron chi connectivity index (χ0n) is 36.1. The Labute approximate surface area is 400 Å². The number of H-pyrrole nitrogens is 1. The van der Waals surface area contributed by atoms with Gasteiger partial charge in [-0.25, -0.2) is 37.6 Å². The first-order chi connectivity index (χ1) is 32.0. The molecule has 348 valence electrons. The predicted octanol–water partition coefficient (Wildman–Crippen LogP) is 10.0. The molecule has 0 bridgehead atoms. The number of nitrogens with one attached hydrogen (secondary N) is 2. The molecule has 2 saturated heterocycles. The van der Waals surface area contributed by atoms with Crippen molar-refractivity contribution >= 4 is 59.7 Å². The lowest BCUT2D eigenvalue weighted by atomic mass is 9.91. The van der Waals surface area contributed by atoms with Crippen LogP contribution in [0.1, 0.15) is 61.2 Å². The van der Waals surface area contributed by atoms with E-state index in [0.717, 1.165) is 35.3 Å². The number of nitrogens with zero attached hydrogens (tertiary/aromatic N) is 6. The van der Waals surface area contributed by atoms with Crippen molar-refractivity contribution in [3.8, 4) is 0 Å². The molecule has 4 aromatic carbocycles. The molecule has 2 N–H and O–H groups in total. The fourth-order valence-corrected chi connectivity index (χ4v) is 8.03. The van der Waals surface area contributed by atoms with Crippen molar-refractivity contribution in [3.05, 3.63) is 163 Å². The van der Waals surface area contributed by atoms with Crippen LogP contribution in [0.3, 0.4) is 0 Å². The number of halogens is 4. The lowest BCUT2D eigenvalue weighted by Gasteiger charge is -2.15. The smallest absolute Gasteiger partial charge is 0.329 e. The fourth-order valence-electron chi connectivity index (χ4n) is 7.15. The van der Waals surface area contributed by atoms with Gasteiger partial charge in [0.15, 0.2) is 0 Å². The lowest BCUT2D eigenvalue weighted by Crippen LogP contribution is -2.30. The fraction of sp³-hybridized carbons (Fsp3) is 0.348. The minimum atomic E-state index is -0.843. The van der Waals surface area contributed by atoms with E-state index < -0.39 is 11.2 Å². The molecule has 0 saturated carbocycles. The molecule has 2 fully saturated rings. The van der Waals surface area contributed by atoms with Gasteiger partial charge in [-0.3, -0.25) is 9.78 Å². The standard InChI is InChI=1S/C23H24ClFN4O3S.C17H13ClFN3OS.C6H11NO2/c1-2-31-13-5-12-26-21(30)28-15-27-29(22(28)33)14-23(16-8-10-17(25)11-9-16)20(32-23)18-6-3-4-7-19(18)24;18-14-4-2-1-3-13(14)15-17(23-15,9-22-16(24)20-10-21-22)11-5-7-12(19)8-6-11;1-2-9-5-3-4-7-6-8/h3-4,6-11,15,20H,2,5,12-14H2,1H3,(H,26,30);1-8,10,15H,9H2,(H,20,21,24);2-5H2,1H3. The zero-order valence-corrected chi connectivity index (χ0v) is 39.2. The Morgan fingerprint density at radius 1 is 0.833 bits per heavy atom. The van der Waals surface area contributed by atoms with E-state index in [1.54, 1.807) is 35.0 Å². The highest BCUT2D eigenvalue weighted by Gasteiger charge is 2.60. The molecular weight excluding hydrogens is 934 g/mol. The minimum Gasteiger partial charge on any atom is -0.382 e. The van der Waals surface area contributed by atoms with E-state index in [4.69, 9.17) is 66.6 Å². The van der Waals surface area contributed by atoms with Crippen LogP contribution in [0.5, 0.6) is 0 Å². The van der Waals surface area contributed by atoms with Gasteiger partial charge in [0.05, 0.1) is 19.6 Å². The molecule has 2 aromatic heterocycles. The third kappa shape index (κ3) is 12.6. The van der Waals surface area contributed by atoms with Crippen molar-refractivity contribution in [2.24, 2.45) is 4.99 Å². The van der Waals surface area contributed by atoms with Crippen LogP contribution in [0.15, 0.2) is 115 Å². The summed E-state index contributed by atoms with van der Waals surface area (Å²) in [6, 6.07) is 27.0. The number of amides is 1. The molecule has 0 spiro atoms. The van der Waals surface area contributed by atoms with Crippen LogP contribution in [0.25, 0.3) is 0 Å². The number of isocyanates is 1. The number of aromatic amines is 1. The molecular formula is C46H48Cl2F2N8O6S2. The third-order valence-electron chi connectivity index (χ3n) is 10.6. The molecule has 4 atom stereocenters. The van der Waals surface area contributed by atoms with Gasteiger partial charge in [0.1, 0.15) is 47.7 Å². The first-order valence-electron chi connectivity index (χ1n) is 21.1. The summed E-state index contributed by atoms with van der Waals surface area (Å²) in [5, 5.41) is 11.3. The number of aromatic nitrogens is 6. The average Bonchev–Trinajstić information content (AvgIpc) is 4.14. The number of rotatable bonds is 18. The van der Waals surface area contributed by atoms with Gasteiger partial charge in [0.2, 0.25) is 15.6 Å². The Balaban J connectivity index is 0.000000190. The van der Waals surface area contributed by atoms with Crippen LogP contribution in [0, 0.1) is 21.2 Å². The highest BCUT2D eigenvalue weighted by molar-refractivity contribution is 7.71. The van der Waals surface area contributed by atoms with E-state index in [1.165, 1.54) is 52.2 Å². The maximum absolute atomic E-state index is 13.6. The summed E-state index contributed by atoms with van der Waals surface area (Å²) in [6.45, 7) is 8.14. The van der Waals surface area contributed by atoms with Crippen molar-refractivity contribution in [1.82, 2.24) is 34.4 Å². The molecule has 6 aromatic rings. The first-order valence-corrected chi connectivity index (χ1v) is 22.6. The Kier molecular flexibility index (Phi) is 18.2. The Hall–Kier alpha value is -5.27. The molecule has 66 heavy (non-hydrogen) atoms. The number of ether oxygens (including phenoxy) is 4. The normalized spacial score (nSPS) is 19.1. The Morgan fingerprint density at radius 2 is 1.36 bits per heavy atom. The largest absolute Gasteiger partial charge is 0.382 e. The number of hydrogen-bond acceptors (Lipinski definition) is 11. The Bertz CT molecular complexity index is 2700. The number of hydrogen-bond donors (Lipinski definition) is 2. The first kappa shape index (κ1) is 50.1. The topological polar surface area (TPSA) is 158 Å². The molecule has 2 aliphatic rings. The van der Waals surface area contributed by atoms with Crippen LogP contribution in [0.4, 0.5) is 13.6 Å². The van der Waals surface area contributed by atoms with E-state index in [2.05, 4.69) is 25.5 Å². The highest BCUT2D eigenvalue weighted by atomic mass is 35.5. The second-order valence-electron chi connectivity index (χ2n) is 14.8. The van der Waals surface area contributed by atoms with Gasteiger partial charge >= 0.3 is 6.03 Å². The van der Waals surface area contributed by atoms with Crippen LogP contribution in [0.2, 0.25) is 10.0 Å². The maximum atomic E-state index is 13.6. The second-order valence-corrected chi connectivity index (χ2v) is 16.4. The number of benzene rings is 4. The van der Waals surface area contributed by atoms with Gasteiger partial charge in [0, 0.05) is 54.1 Å². The SMILES string of the molecule is CCOCCCN=C=O.CCOCCCNC(=O)n1cnn(CC2(c3ccc(F)cc3)OC2c2ccccc2Cl)c1=S.Fc1ccc(C2(Cn3[nH]cnc3=S)OC2c2ccccc2Cl)cc1. The molecule has 14 nitrogen and oxygen atoms in total. The van der Waals surface area contributed by atoms with Crippen LogP contribution in [-0.4, -0.2) is 80.7 Å². The molecule has 2 aliphatic heterocycles.